The lowest BCUT2D eigenvalue weighted by molar-refractivity contribution is -0.118. The van der Waals surface area contributed by atoms with E-state index in [0.717, 1.165) is 32.4 Å². The molecular formula is C14H23F2NO. The fraction of sp³-hybridized carbons (Fsp3) is 0.929. The Bertz CT molecular complexity index is 306. The second-order valence-electron chi connectivity index (χ2n) is 6.02. The lowest BCUT2D eigenvalue weighted by Crippen LogP contribution is -2.43. The number of halogens is 2. The summed E-state index contributed by atoms with van der Waals surface area (Å²) in [4.78, 5) is 13.5. The van der Waals surface area contributed by atoms with Crippen LogP contribution in [0.15, 0.2) is 0 Å². The summed E-state index contributed by atoms with van der Waals surface area (Å²) in [6, 6.07) is 0.297. The first-order valence-electron chi connectivity index (χ1n) is 7.07. The average molecular weight is 259 g/mol. The average Bonchev–Trinajstić information content (AvgIpc) is 2.60. The Balaban J connectivity index is 1.87. The standard InChI is InChI=1S/C14H23F2NO/c1-11(18)8-13-4-2-3-7-17(13)10-12-5-6-14(15,16)9-12/h12-13H,2-10H2,1H3. The Morgan fingerprint density at radius 2 is 2.11 bits per heavy atom. The van der Waals surface area contributed by atoms with Crippen molar-refractivity contribution in [3.8, 4) is 0 Å². The molecule has 2 unspecified atom stereocenters. The highest BCUT2D eigenvalue weighted by atomic mass is 19.3. The van der Waals surface area contributed by atoms with Gasteiger partial charge in [0.05, 0.1) is 0 Å². The molecule has 2 aliphatic rings. The number of hydrogen-bond acceptors (Lipinski definition) is 2. The molecule has 0 N–H and O–H groups in total. The van der Waals surface area contributed by atoms with Gasteiger partial charge in [-0.1, -0.05) is 6.42 Å². The first kappa shape index (κ1) is 13.9. The number of likely N-dealkylation sites (tertiary alicyclic amines) is 1. The summed E-state index contributed by atoms with van der Waals surface area (Å²) >= 11 is 0. The quantitative estimate of drug-likeness (QED) is 0.772. The van der Waals surface area contributed by atoms with Gasteiger partial charge >= 0.3 is 0 Å². The second-order valence-corrected chi connectivity index (χ2v) is 6.02. The van der Waals surface area contributed by atoms with E-state index < -0.39 is 5.92 Å². The largest absolute Gasteiger partial charge is 0.300 e. The molecule has 0 spiro atoms. The van der Waals surface area contributed by atoms with E-state index in [1.807, 2.05) is 0 Å². The minimum absolute atomic E-state index is 0.0380. The SMILES string of the molecule is CC(=O)CC1CCCCN1CC1CCC(F)(F)C1. The van der Waals surface area contributed by atoms with Crippen LogP contribution in [0.4, 0.5) is 8.78 Å². The summed E-state index contributed by atoms with van der Waals surface area (Å²) in [5, 5.41) is 0. The normalized spacial score (nSPS) is 32.6. The van der Waals surface area contributed by atoms with Crippen LogP contribution in [0.3, 0.4) is 0 Å². The summed E-state index contributed by atoms with van der Waals surface area (Å²) in [5.41, 5.74) is 0. The molecule has 0 aromatic rings. The molecule has 4 heteroatoms. The first-order chi connectivity index (χ1) is 8.46. The van der Waals surface area contributed by atoms with Crippen LogP contribution in [0, 0.1) is 5.92 Å². The van der Waals surface area contributed by atoms with E-state index >= 15 is 0 Å². The highest BCUT2D eigenvalue weighted by Gasteiger charge is 2.40. The fourth-order valence-corrected chi connectivity index (χ4v) is 3.39. The Labute approximate surface area is 108 Å². The molecule has 2 rings (SSSR count). The number of Topliss-reactive ketones (excluding diaryl/α,β-unsaturated/α-hetero) is 1. The van der Waals surface area contributed by atoms with Crippen LogP contribution in [-0.2, 0) is 4.79 Å². The molecule has 18 heavy (non-hydrogen) atoms. The van der Waals surface area contributed by atoms with Crippen LogP contribution in [0.2, 0.25) is 0 Å². The molecule has 104 valence electrons. The molecule has 0 aromatic heterocycles. The second kappa shape index (κ2) is 5.64. The minimum Gasteiger partial charge on any atom is -0.300 e. The first-order valence-corrected chi connectivity index (χ1v) is 7.07. The van der Waals surface area contributed by atoms with Crippen molar-refractivity contribution in [1.29, 1.82) is 0 Å². The Morgan fingerprint density at radius 3 is 2.72 bits per heavy atom. The van der Waals surface area contributed by atoms with Crippen molar-refractivity contribution < 1.29 is 13.6 Å². The molecule has 0 aromatic carbocycles. The van der Waals surface area contributed by atoms with Crippen LogP contribution in [-0.4, -0.2) is 35.7 Å². The number of carbonyl (C=O) groups excluding carboxylic acids is 1. The Kier molecular flexibility index (Phi) is 4.36. The van der Waals surface area contributed by atoms with Gasteiger partial charge in [-0.15, -0.1) is 0 Å². The van der Waals surface area contributed by atoms with Crippen LogP contribution in [0.1, 0.15) is 51.9 Å². The van der Waals surface area contributed by atoms with Crippen molar-refractivity contribution in [1.82, 2.24) is 4.90 Å². The molecule has 2 atom stereocenters. The van der Waals surface area contributed by atoms with Crippen molar-refractivity contribution in [3.63, 3.8) is 0 Å². The van der Waals surface area contributed by atoms with Gasteiger partial charge in [0.25, 0.3) is 0 Å². The molecule has 0 bridgehead atoms. The van der Waals surface area contributed by atoms with Crippen LogP contribution in [0.25, 0.3) is 0 Å². The summed E-state index contributed by atoms with van der Waals surface area (Å²) in [6.45, 7) is 3.35. The van der Waals surface area contributed by atoms with E-state index in [2.05, 4.69) is 4.90 Å². The number of alkyl halides is 2. The van der Waals surface area contributed by atoms with E-state index in [-0.39, 0.29) is 24.5 Å². The van der Waals surface area contributed by atoms with Gasteiger partial charge < -0.3 is 0 Å². The maximum Gasteiger partial charge on any atom is 0.248 e. The van der Waals surface area contributed by atoms with Gasteiger partial charge in [0.15, 0.2) is 0 Å². The number of piperidine rings is 1. The van der Waals surface area contributed by atoms with Crippen LogP contribution in [0.5, 0.6) is 0 Å². The molecule has 1 saturated heterocycles. The van der Waals surface area contributed by atoms with Crippen molar-refractivity contribution in [2.24, 2.45) is 5.92 Å². The van der Waals surface area contributed by atoms with E-state index in [1.54, 1.807) is 6.92 Å². The summed E-state index contributed by atoms with van der Waals surface area (Å²) in [6.07, 6.45) is 4.65. The highest BCUT2D eigenvalue weighted by molar-refractivity contribution is 5.76. The van der Waals surface area contributed by atoms with E-state index in [9.17, 15) is 13.6 Å². The Morgan fingerprint density at radius 1 is 1.33 bits per heavy atom. The molecule has 1 heterocycles. The maximum atomic E-state index is 13.2. The smallest absolute Gasteiger partial charge is 0.248 e. The van der Waals surface area contributed by atoms with Crippen molar-refractivity contribution in [2.75, 3.05) is 13.1 Å². The monoisotopic (exact) mass is 259 g/mol. The lowest BCUT2D eigenvalue weighted by atomic mass is 9.95. The third-order valence-corrected chi connectivity index (χ3v) is 4.27. The topological polar surface area (TPSA) is 20.3 Å². The van der Waals surface area contributed by atoms with Crippen molar-refractivity contribution in [2.45, 2.75) is 63.8 Å². The number of ketones is 1. The van der Waals surface area contributed by atoms with E-state index in [1.165, 1.54) is 0 Å². The molecule has 0 radical (unpaired) electrons. The lowest BCUT2D eigenvalue weighted by Gasteiger charge is -2.37. The Hall–Kier alpha value is -0.510. The maximum absolute atomic E-state index is 13.2. The van der Waals surface area contributed by atoms with Gasteiger partial charge in [-0.2, -0.15) is 0 Å². The van der Waals surface area contributed by atoms with Gasteiger partial charge in [0.2, 0.25) is 5.92 Å². The number of hydrogen-bond donors (Lipinski definition) is 0. The van der Waals surface area contributed by atoms with Gasteiger partial charge in [-0.25, -0.2) is 8.78 Å². The molecule has 1 aliphatic carbocycles. The summed E-state index contributed by atoms with van der Waals surface area (Å²) in [5.74, 6) is -2.12. The molecule has 0 amide bonds. The van der Waals surface area contributed by atoms with Crippen LogP contribution >= 0.6 is 0 Å². The fourth-order valence-electron chi connectivity index (χ4n) is 3.39. The summed E-state index contributed by atoms with van der Waals surface area (Å²) < 4.78 is 26.4. The summed E-state index contributed by atoms with van der Waals surface area (Å²) in [7, 11) is 0. The zero-order valence-electron chi connectivity index (χ0n) is 11.1. The third-order valence-electron chi connectivity index (χ3n) is 4.27. The van der Waals surface area contributed by atoms with Crippen molar-refractivity contribution >= 4 is 5.78 Å². The highest BCUT2D eigenvalue weighted by Crippen LogP contribution is 2.39. The van der Waals surface area contributed by atoms with Gasteiger partial charge in [-0.3, -0.25) is 9.69 Å². The van der Waals surface area contributed by atoms with Crippen LogP contribution < -0.4 is 0 Å². The van der Waals surface area contributed by atoms with Gasteiger partial charge in [-0.05, 0) is 38.6 Å². The molecule has 1 aliphatic heterocycles. The zero-order valence-corrected chi connectivity index (χ0v) is 11.1. The number of carbonyl (C=O) groups is 1. The van der Waals surface area contributed by atoms with E-state index in [0.29, 0.717) is 18.9 Å². The predicted molar refractivity (Wildman–Crippen MR) is 66.8 cm³/mol. The van der Waals surface area contributed by atoms with Gasteiger partial charge in [0.1, 0.15) is 5.78 Å². The third kappa shape index (κ3) is 3.74. The molecular weight excluding hydrogens is 236 g/mol. The van der Waals surface area contributed by atoms with Crippen molar-refractivity contribution in [3.05, 3.63) is 0 Å². The minimum atomic E-state index is -2.45. The number of nitrogens with zero attached hydrogens (tertiary/aromatic N) is 1. The number of rotatable bonds is 4. The molecule has 1 saturated carbocycles. The predicted octanol–water partition coefficient (Wildman–Crippen LogP) is 3.26. The zero-order chi connectivity index (χ0) is 13.2. The van der Waals surface area contributed by atoms with E-state index in [4.69, 9.17) is 0 Å². The molecule has 2 nitrogen and oxygen atoms in total. The van der Waals surface area contributed by atoms with Gasteiger partial charge in [0, 0.05) is 31.8 Å². The molecule has 2 fully saturated rings.